The summed E-state index contributed by atoms with van der Waals surface area (Å²) in [7, 11) is -4.35. The molecule has 0 heterocycles. The maximum Gasteiger partial charge on any atom is 1.00 e. The van der Waals surface area contributed by atoms with Gasteiger partial charge in [-0.25, -0.2) is 8.42 Å². The molecule has 6 heteroatoms. The fraction of sp³-hybridized carbons (Fsp3) is 0.727. The maximum absolute atomic E-state index is 11.2. The van der Waals surface area contributed by atoms with Crippen molar-refractivity contribution >= 4 is 10.1 Å². The van der Waals surface area contributed by atoms with Crippen molar-refractivity contribution in [3.63, 3.8) is 0 Å². The molecule has 156 valence electrons. The van der Waals surface area contributed by atoms with E-state index in [0.29, 0.717) is 5.75 Å². The minimum absolute atomic E-state index is 0. The molecule has 1 aromatic carbocycles. The number of rotatable bonds is 14. The van der Waals surface area contributed by atoms with Crippen molar-refractivity contribution in [3.05, 3.63) is 29.3 Å². The number of aryl methyl sites for hydroxylation is 2. The van der Waals surface area contributed by atoms with E-state index < -0.39 is 21.5 Å². The second kappa shape index (κ2) is 14.8. The molecule has 0 saturated carbocycles. The molecule has 0 aliphatic heterocycles. The molecule has 0 spiro atoms. The Balaban J connectivity index is 0.00000729. The zero-order valence-electron chi connectivity index (χ0n) is 18.5. The van der Waals surface area contributed by atoms with E-state index in [2.05, 4.69) is 19.9 Å². The van der Waals surface area contributed by atoms with Gasteiger partial charge in [0.05, 0.1) is 5.25 Å². The third kappa shape index (κ3) is 10.6. The van der Waals surface area contributed by atoms with Crippen LogP contribution < -0.4 is 34.3 Å². The molecule has 0 aliphatic rings. The van der Waals surface area contributed by atoms with Crippen LogP contribution in [-0.2, 0) is 23.0 Å². The molecule has 0 amide bonds. The molecule has 0 aliphatic carbocycles. The topological polar surface area (TPSA) is 66.4 Å². The predicted molar refractivity (Wildman–Crippen MR) is 111 cm³/mol. The van der Waals surface area contributed by atoms with Gasteiger partial charge in [0, 0.05) is 0 Å². The Morgan fingerprint density at radius 1 is 0.893 bits per heavy atom. The fourth-order valence-electron chi connectivity index (χ4n) is 3.18. The Morgan fingerprint density at radius 3 is 1.93 bits per heavy atom. The molecule has 1 aromatic rings. The van der Waals surface area contributed by atoms with Gasteiger partial charge in [-0.15, -0.1) is 0 Å². The Kier molecular flexibility index (Phi) is 14.8. The SMILES string of the molecule is CCCCCCc1ccc(OC(C)C(C)S(=O)(=O)[O-])cc1CCCCCC.[Na+]. The van der Waals surface area contributed by atoms with Gasteiger partial charge in [-0.2, -0.15) is 0 Å². The second-order valence-corrected chi connectivity index (χ2v) is 9.30. The molecule has 0 N–H and O–H groups in total. The third-order valence-electron chi connectivity index (χ3n) is 5.22. The molecule has 0 fully saturated rings. The Bertz CT molecular complexity index is 646. The summed E-state index contributed by atoms with van der Waals surface area (Å²) >= 11 is 0. The molecule has 2 atom stereocenters. The van der Waals surface area contributed by atoms with Crippen molar-refractivity contribution in [2.45, 2.75) is 103 Å². The van der Waals surface area contributed by atoms with Crippen molar-refractivity contribution in [2.24, 2.45) is 0 Å². The van der Waals surface area contributed by atoms with E-state index >= 15 is 0 Å². The molecule has 2 unspecified atom stereocenters. The van der Waals surface area contributed by atoms with Crippen LogP contribution in [0.25, 0.3) is 0 Å². The van der Waals surface area contributed by atoms with Crippen LogP contribution in [-0.4, -0.2) is 24.3 Å². The molecule has 4 nitrogen and oxygen atoms in total. The van der Waals surface area contributed by atoms with Gasteiger partial charge in [0.25, 0.3) is 0 Å². The molecular formula is C22H37NaO4S. The van der Waals surface area contributed by atoms with Gasteiger partial charge >= 0.3 is 29.6 Å². The largest absolute Gasteiger partial charge is 1.00 e. The van der Waals surface area contributed by atoms with Crippen molar-refractivity contribution in [2.75, 3.05) is 0 Å². The number of hydrogen-bond acceptors (Lipinski definition) is 4. The number of ether oxygens (including phenoxy) is 1. The van der Waals surface area contributed by atoms with Crippen molar-refractivity contribution in [3.8, 4) is 5.75 Å². The Labute approximate surface area is 194 Å². The number of hydrogen-bond donors (Lipinski definition) is 0. The van der Waals surface area contributed by atoms with Crippen LogP contribution in [0.5, 0.6) is 5.75 Å². The summed E-state index contributed by atoms with van der Waals surface area (Å²) in [6.45, 7) is 7.47. The van der Waals surface area contributed by atoms with Crippen molar-refractivity contribution in [1.29, 1.82) is 0 Å². The first kappa shape index (κ1) is 27.9. The standard InChI is InChI=1S/C22H38O4S.Na/c1-5-7-9-11-13-20-15-16-22(17-21(20)14-12-10-8-6-2)26-18(3)19(4)27(23,24)25;/h15-19H,5-14H2,1-4H3,(H,23,24,25);/q;+1/p-1. The van der Waals surface area contributed by atoms with Crippen molar-refractivity contribution < 1.29 is 47.3 Å². The monoisotopic (exact) mass is 420 g/mol. The summed E-state index contributed by atoms with van der Waals surface area (Å²) in [6, 6.07) is 6.06. The van der Waals surface area contributed by atoms with Crippen LogP contribution in [0.2, 0.25) is 0 Å². The second-order valence-electron chi connectivity index (χ2n) is 7.57. The molecule has 1 rings (SSSR count). The van der Waals surface area contributed by atoms with Gasteiger partial charge in [0.2, 0.25) is 0 Å². The van der Waals surface area contributed by atoms with Crippen molar-refractivity contribution in [1.82, 2.24) is 0 Å². The number of unbranched alkanes of at least 4 members (excludes halogenated alkanes) is 6. The Hall–Kier alpha value is -0.0700. The van der Waals surface area contributed by atoms with Crippen LogP contribution in [0.15, 0.2) is 18.2 Å². The van der Waals surface area contributed by atoms with E-state index in [9.17, 15) is 13.0 Å². The average Bonchev–Trinajstić information content (AvgIpc) is 2.62. The minimum Gasteiger partial charge on any atom is -0.748 e. The van der Waals surface area contributed by atoms with Gasteiger partial charge < -0.3 is 9.29 Å². The molecule has 0 bridgehead atoms. The molecular weight excluding hydrogens is 383 g/mol. The Morgan fingerprint density at radius 2 is 1.43 bits per heavy atom. The van der Waals surface area contributed by atoms with Crippen LogP contribution in [0, 0.1) is 0 Å². The zero-order valence-corrected chi connectivity index (χ0v) is 21.3. The van der Waals surface area contributed by atoms with Crippen LogP contribution in [0.1, 0.15) is 90.2 Å². The van der Waals surface area contributed by atoms with E-state index in [1.807, 2.05) is 12.1 Å². The summed E-state index contributed by atoms with van der Waals surface area (Å²) in [5, 5.41) is -1.07. The van der Waals surface area contributed by atoms with E-state index in [0.717, 1.165) is 19.3 Å². The molecule has 0 radical (unpaired) electrons. The van der Waals surface area contributed by atoms with E-state index in [1.165, 1.54) is 63.0 Å². The summed E-state index contributed by atoms with van der Waals surface area (Å²) in [6.07, 6.45) is 11.2. The normalized spacial score (nSPS) is 13.6. The van der Waals surface area contributed by atoms with E-state index in [1.54, 1.807) is 6.92 Å². The zero-order chi connectivity index (χ0) is 20.3. The quantitative estimate of drug-likeness (QED) is 0.264. The first-order valence-corrected chi connectivity index (χ1v) is 12.0. The van der Waals surface area contributed by atoms with E-state index in [-0.39, 0.29) is 29.6 Å². The minimum atomic E-state index is -4.35. The van der Waals surface area contributed by atoms with Crippen LogP contribution >= 0.6 is 0 Å². The van der Waals surface area contributed by atoms with Crippen LogP contribution in [0.3, 0.4) is 0 Å². The molecule has 0 saturated heterocycles. The summed E-state index contributed by atoms with van der Waals surface area (Å²) in [5.41, 5.74) is 2.66. The first-order valence-electron chi connectivity index (χ1n) is 10.5. The molecule has 0 aromatic heterocycles. The summed E-state index contributed by atoms with van der Waals surface area (Å²) in [4.78, 5) is 0. The fourth-order valence-corrected chi connectivity index (χ4v) is 3.71. The van der Waals surface area contributed by atoms with Crippen LogP contribution in [0.4, 0.5) is 0 Å². The number of benzene rings is 1. The summed E-state index contributed by atoms with van der Waals surface area (Å²) < 4.78 is 39.5. The molecule has 28 heavy (non-hydrogen) atoms. The third-order valence-corrected chi connectivity index (χ3v) is 6.51. The smallest absolute Gasteiger partial charge is 0.748 e. The first-order chi connectivity index (χ1) is 12.8. The summed E-state index contributed by atoms with van der Waals surface area (Å²) in [5.74, 6) is 0.654. The van der Waals surface area contributed by atoms with Gasteiger partial charge in [0.1, 0.15) is 22.0 Å². The van der Waals surface area contributed by atoms with Gasteiger partial charge in [-0.3, -0.25) is 0 Å². The predicted octanol–water partition coefficient (Wildman–Crippen LogP) is 2.64. The maximum atomic E-state index is 11.2. The van der Waals surface area contributed by atoms with E-state index in [4.69, 9.17) is 4.74 Å². The average molecular weight is 421 g/mol. The van der Waals surface area contributed by atoms with Gasteiger partial charge in [-0.1, -0.05) is 58.4 Å². The van der Waals surface area contributed by atoms with Gasteiger partial charge in [0.15, 0.2) is 0 Å². The van der Waals surface area contributed by atoms with Gasteiger partial charge in [-0.05, 0) is 62.8 Å².